The van der Waals surface area contributed by atoms with Gasteiger partial charge in [0.2, 0.25) is 5.91 Å². The van der Waals surface area contributed by atoms with Crippen molar-refractivity contribution in [1.82, 2.24) is 5.32 Å². The number of amides is 1. The zero-order valence-corrected chi connectivity index (χ0v) is 13.8. The van der Waals surface area contributed by atoms with Gasteiger partial charge in [0, 0.05) is 37.3 Å². The van der Waals surface area contributed by atoms with Crippen molar-refractivity contribution in [3.63, 3.8) is 0 Å². The summed E-state index contributed by atoms with van der Waals surface area (Å²) in [5, 5.41) is 13.9. The Balaban J connectivity index is 2.15. The maximum Gasteiger partial charge on any atom is 0.344 e. The number of anilines is 1. The third kappa shape index (κ3) is 3.81. The minimum atomic E-state index is -0.735. The van der Waals surface area contributed by atoms with E-state index in [9.17, 15) is 19.7 Å². The van der Waals surface area contributed by atoms with E-state index in [-0.39, 0.29) is 23.1 Å². The van der Waals surface area contributed by atoms with Crippen LogP contribution in [0.1, 0.15) is 30.1 Å². The Kier molecular flexibility index (Phi) is 5.73. The summed E-state index contributed by atoms with van der Waals surface area (Å²) in [5.41, 5.74) is 0.379. The van der Waals surface area contributed by atoms with Gasteiger partial charge in [0.05, 0.1) is 12.0 Å². The normalized spacial score (nSPS) is 15.0. The smallest absolute Gasteiger partial charge is 0.344 e. The first-order valence-corrected chi connectivity index (χ1v) is 7.87. The number of nitro benzene ring substituents is 1. The zero-order chi connectivity index (χ0) is 17.7. The number of ether oxygens (including phenoxy) is 1. The minimum absolute atomic E-state index is 0.0145. The van der Waals surface area contributed by atoms with Gasteiger partial charge in [-0.3, -0.25) is 14.9 Å². The SMILES string of the molecule is CCNC(=O)C1CCN(c2ccc([N+](=O)[O-])c(C(=O)OC)c2)CC1. The molecule has 8 nitrogen and oxygen atoms in total. The summed E-state index contributed by atoms with van der Waals surface area (Å²) in [6.07, 6.45) is 1.41. The molecule has 1 aliphatic heterocycles. The Morgan fingerprint density at radius 3 is 2.58 bits per heavy atom. The highest BCUT2D eigenvalue weighted by Crippen LogP contribution is 2.29. The number of rotatable bonds is 5. The van der Waals surface area contributed by atoms with Crippen molar-refractivity contribution in [2.75, 3.05) is 31.6 Å². The first-order chi connectivity index (χ1) is 11.5. The second-order valence-corrected chi connectivity index (χ2v) is 5.61. The van der Waals surface area contributed by atoms with Crippen molar-refractivity contribution in [2.24, 2.45) is 5.92 Å². The van der Waals surface area contributed by atoms with Crippen LogP contribution in [0.4, 0.5) is 11.4 Å². The summed E-state index contributed by atoms with van der Waals surface area (Å²) in [7, 11) is 1.19. The van der Waals surface area contributed by atoms with E-state index in [1.807, 2.05) is 11.8 Å². The van der Waals surface area contributed by atoms with E-state index in [2.05, 4.69) is 10.1 Å². The van der Waals surface area contributed by atoms with Crippen LogP contribution in [0.2, 0.25) is 0 Å². The van der Waals surface area contributed by atoms with Crippen LogP contribution < -0.4 is 10.2 Å². The van der Waals surface area contributed by atoms with Gasteiger partial charge in [-0.2, -0.15) is 0 Å². The molecule has 2 rings (SSSR count). The molecule has 1 saturated heterocycles. The average molecular weight is 335 g/mol. The molecule has 0 aliphatic carbocycles. The molecule has 1 N–H and O–H groups in total. The van der Waals surface area contributed by atoms with Crippen LogP contribution in [0.5, 0.6) is 0 Å². The van der Waals surface area contributed by atoms with Crippen molar-refractivity contribution >= 4 is 23.3 Å². The van der Waals surface area contributed by atoms with Crippen molar-refractivity contribution in [3.05, 3.63) is 33.9 Å². The average Bonchev–Trinajstić information content (AvgIpc) is 2.60. The lowest BCUT2D eigenvalue weighted by Crippen LogP contribution is -2.40. The Bertz CT molecular complexity index is 639. The van der Waals surface area contributed by atoms with Crippen LogP contribution in [0, 0.1) is 16.0 Å². The molecule has 1 amide bonds. The fourth-order valence-electron chi connectivity index (χ4n) is 2.87. The highest BCUT2D eigenvalue weighted by molar-refractivity contribution is 5.95. The number of hydrogen-bond donors (Lipinski definition) is 1. The minimum Gasteiger partial charge on any atom is -0.465 e. The molecule has 0 radical (unpaired) electrons. The monoisotopic (exact) mass is 335 g/mol. The number of carbonyl (C=O) groups is 2. The fraction of sp³-hybridized carbons (Fsp3) is 0.500. The van der Waals surface area contributed by atoms with Gasteiger partial charge in [0.25, 0.3) is 5.69 Å². The maximum absolute atomic E-state index is 11.9. The highest BCUT2D eigenvalue weighted by Gasteiger charge is 2.27. The molecule has 130 valence electrons. The maximum atomic E-state index is 11.9. The molecule has 0 atom stereocenters. The predicted octanol–water partition coefficient (Wildman–Crippen LogP) is 1.73. The molecule has 1 aromatic carbocycles. The number of nitrogens with one attached hydrogen (secondary N) is 1. The van der Waals surface area contributed by atoms with Gasteiger partial charge >= 0.3 is 5.97 Å². The van der Waals surface area contributed by atoms with Gasteiger partial charge in [0.15, 0.2) is 0 Å². The summed E-state index contributed by atoms with van der Waals surface area (Å²) < 4.78 is 4.63. The number of piperidine rings is 1. The lowest BCUT2D eigenvalue weighted by Gasteiger charge is -2.33. The van der Waals surface area contributed by atoms with Crippen molar-refractivity contribution in [2.45, 2.75) is 19.8 Å². The van der Waals surface area contributed by atoms with E-state index in [1.54, 1.807) is 6.07 Å². The summed E-state index contributed by atoms with van der Waals surface area (Å²) >= 11 is 0. The topological polar surface area (TPSA) is 102 Å². The number of methoxy groups -OCH3 is 1. The van der Waals surface area contributed by atoms with Gasteiger partial charge < -0.3 is 15.0 Å². The first-order valence-electron chi connectivity index (χ1n) is 7.87. The molecule has 1 fully saturated rings. The largest absolute Gasteiger partial charge is 0.465 e. The standard InChI is InChI=1S/C16H21N3O5/c1-3-17-15(20)11-6-8-18(9-7-11)12-4-5-14(19(22)23)13(10-12)16(21)24-2/h4-5,10-11H,3,6-9H2,1-2H3,(H,17,20). The Hall–Kier alpha value is -2.64. The van der Waals surface area contributed by atoms with Crippen molar-refractivity contribution < 1.29 is 19.2 Å². The van der Waals surface area contributed by atoms with Crippen molar-refractivity contribution in [3.8, 4) is 0 Å². The van der Waals surface area contributed by atoms with Gasteiger partial charge in [-0.05, 0) is 31.9 Å². The Morgan fingerprint density at radius 2 is 2.04 bits per heavy atom. The van der Waals surface area contributed by atoms with Crippen LogP contribution in [0.3, 0.4) is 0 Å². The van der Waals surface area contributed by atoms with E-state index >= 15 is 0 Å². The molecule has 1 aliphatic rings. The lowest BCUT2D eigenvalue weighted by atomic mass is 9.95. The van der Waals surface area contributed by atoms with Gasteiger partial charge in [-0.1, -0.05) is 0 Å². The number of nitrogens with zero attached hydrogens (tertiary/aromatic N) is 2. The predicted molar refractivity (Wildman–Crippen MR) is 88.1 cm³/mol. The van der Waals surface area contributed by atoms with Crippen LogP contribution in [0.15, 0.2) is 18.2 Å². The Morgan fingerprint density at radius 1 is 1.38 bits per heavy atom. The second kappa shape index (κ2) is 7.76. The first kappa shape index (κ1) is 17.7. The van der Waals surface area contributed by atoms with Crippen LogP contribution in [-0.2, 0) is 9.53 Å². The molecule has 8 heteroatoms. The summed E-state index contributed by atoms with van der Waals surface area (Å²) in [6, 6.07) is 4.42. The molecule has 24 heavy (non-hydrogen) atoms. The number of esters is 1. The van der Waals surface area contributed by atoms with Crippen LogP contribution in [-0.4, -0.2) is 43.5 Å². The van der Waals surface area contributed by atoms with E-state index in [0.717, 1.165) is 5.69 Å². The third-order valence-electron chi connectivity index (χ3n) is 4.16. The fourth-order valence-corrected chi connectivity index (χ4v) is 2.87. The second-order valence-electron chi connectivity index (χ2n) is 5.61. The molecular formula is C16H21N3O5. The van der Waals surface area contributed by atoms with Crippen LogP contribution >= 0.6 is 0 Å². The van der Waals surface area contributed by atoms with Gasteiger partial charge in [-0.15, -0.1) is 0 Å². The molecule has 0 aromatic heterocycles. The molecule has 1 heterocycles. The van der Waals surface area contributed by atoms with Gasteiger partial charge in [0.1, 0.15) is 5.56 Å². The van der Waals surface area contributed by atoms with Crippen molar-refractivity contribution in [1.29, 1.82) is 0 Å². The molecule has 0 spiro atoms. The van der Waals surface area contributed by atoms with Gasteiger partial charge in [-0.25, -0.2) is 4.79 Å². The zero-order valence-electron chi connectivity index (χ0n) is 13.8. The number of benzene rings is 1. The van der Waals surface area contributed by atoms with E-state index in [1.165, 1.54) is 19.2 Å². The van der Waals surface area contributed by atoms with Crippen LogP contribution in [0.25, 0.3) is 0 Å². The van der Waals surface area contributed by atoms with E-state index in [0.29, 0.717) is 32.5 Å². The molecule has 0 saturated carbocycles. The molecule has 1 aromatic rings. The highest BCUT2D eigenvalue weighted by atomic mass is 16.6. The molecular weight excluding hydrogens is 314 g/mol. The van der Waals surface area contributed by atoms with E-state index in [4.69, 9.17) is 0 Å². The quantitative estimate of drug-likeness (QED) is 0.499. The number of nitro groups is 1. The number of hydrogen-bond acceptors (Lipinski definition) is 6. The summed E-state index contributed by atoms with van der Waals surface area (Å²) in [4.78, 5) is 36.1. The van der Waals surface area contributed by atoms with E-state index < -0.39 is 10.9 Å². The summed E-state index contributed by atoms with van der Waals surface area (Å²) in [6.45, 7) is 3.81. The number of carbonyl (C=O) groups excluding carboxylic acids is 2. The Labute approximate surface area is 139 Å². The molecule has 0 bridgehead atoms. The molecule has 0 unspecified atom stereocenters. The lowest BCUT2D eigenvalue weighted by molar-refractivity contribution is -0.385. The third-order valence-corrected chi connectivity index (χ3v) is 4.16. The summed E-state index contributed by atoms with van der Waals surface area (Å²) in [5.74, 6) is -0.684.